The molecule has 0 saturated carbocycles. The highest BCUT2D eigenvalue weighted by atomic mass is 32.2. The Labute approximate surface area is 225 Å². The normalized spacial score (nSPS) is 13.2. The first-order valence-electron chi connectivity index (χ1n) is 12.8. The predicted octanol–water partition coefficient (Wildman–Crippen LogP) is 3.13. The number of nitrogens with zero attached hydrogens (tertiary/aromatic N) is 1. The van der Waals surface area contributed by atoms with Gasteiger partial charge >= 0.3 is 5.97 Å². The molecule has 0 aliphatic rings. The number of amides is 2. The summed E-state index contributed by atoms with van der Waals surface area (Å²) in [5.41, 5.74) is 1.81. The summed E-state index contributed by atoms with van der Waals surface area (Å²) in [6, 6.07) is 13.7. The quantitative estimate of drug-likeness (QED) is 0.295. The van der Waals surface area contributed by atoms with Crippen molar-refractivity contribution in [2.75, 3.05) is 13.1 Å². The summed E-state index contributed by atoms with van der Waals surface area (Å²) in [6.45, 7) is 7.22. The Balaban J connectivity index is 2.02. The highest BCUT2D eigenvalue weighted by Gasteiger charge is 2.36. The van der Waals surface area contributed by atoms with Crippen LogP contribution in [0.2, 0.25) is 0 Å². The molecule has 2 atom stereocenters. The molecule has 208 valence electrons. The minimum Gasteiger partial charge on any atom is -0.480 e. The lowest BCUT2D eigenvalue weighted by molar-refractivity contribution is -0.142. The van der Waals surface area contributed by atoms with Gasteiger partial charge in [-0.05, 0) is 49.8 Å². The van der Waals surface area contributed by atoms with Gasteiger partial charge in [-0.1, -0.05) is 61.9 Å². The second-order valence-corrected chi connectivity index (χ2v) is 11.8. The topological polar surface area (TPSA) is 133 Å². The summed E-state index contributed by atoms with van der Waals surface area (Å²) in [6.07, 6.45) is 1.28. The standard InChI is InChI=1S/C28H39N3O6S/c1-20(2)19-31(38(36,37)24-15-13-21(3)14-16-24)26(28(34)35)12-8-9-17-29-27(33)25(30-22(4)32)18-23-10-6-5-7-11-23/h5-7,10-11,13-16,20,25-26H,8-9,12,17-19H2,1-4H3,(H,29,33)(H,30,32)(H,34,35). The molecule has 0 bridgehead atoms. The van der Waals surface area contributed by atoms with Gasteiger partial charge < -0.3 is 15.7 Å². The molecule has 2 rings (SSSR count). The summed E-state index contributed by atoms with van der Waals surface area (Å²) in [7, 11) is -4.02. The number of nitrogens with one attached hydrogen (secondary N) is 2. The zero-order chi connectivity index (χ0) is 28.3. The molecule has 2 amide bonds. The van der Waals surface area contributed by atoms with E-state index in [0.717, 1.165) is 15.4 Å². The monoisotopic (exact) mass is 545 g/mol. The van der Waals surface area contributed by atoms with Gasteiger partial charge in [-0.15, -0.1) is 0 Å². The molecule has 0 spiro atoms. The average Bonchev–Trinajstić information content (AvgIpc) is 2.84. The van der Waals surface area contributed by atoms with Crippen molar-refractivity contribution in [1.82, 2.24) is 14.9 Å². The van der Waals surface area contributed by atoms with Gasteiger partial charge in [0.2, 0.25) is 21.8 Å². The first-order valence-corrected chi connectivity index (χ1v) is 14.3. The molecule has 3 N–H and O–H groups in total. The minimum atomic E-state index is -4.02. The third-order valence-electron chi connectivity index (χ3n) is 5.99. The maximum atomic E-state index is 13.4. The maximum Gasteiger partial charge on any atom is 0.322 e. The lowest BCUT2D eigenvalue weighted by Crippen LogP contribution is -2.48. The largest absolute Gasteiger partial charge is 0.480 e. The van der Waals surface area contributed by atoms with Crippen LogP contribution in [0.1, 0.15) is 51.2 Å². The van der Waals surface area contributed by atoms with E-state index in [0.29, 0.717) is 19.3 Å². The molecule has 9 nitrogen and oxygen atoms in total. The number of carbonyl (C=O) groups is 3. The number of aryl methyl sites for hydroxylation is 1. The van der Waals surface area contributed by atoms with Crippen LogP contribution in [0, 0.1) is 12.8 Å². The van der Waals surface area contributed by atoms with Crippen LogP contribution < -0.4 is 10.6 Å². The van der Waals surface area contributed by atoms with Crippen molar-refractivity contribution in [1.29, 1.82) is 0 Å². The summed E-state index contributed by atoms with van der Waals surface area (Å²) in [4.78, 5) is 36.6. The van der Waals surface area contributed by atoms with Crippen LogP contribution in [0.3, 0.4) is 0 Å². The van der Waals surface area contributed by atoms with E-state index in [4.69, 9.17) is 0 Å². The third-order valence-corrected chi connectivity index (χ3v) is 7.87. The van der Waals surface area contributed by atoms with Crippen LogP contribution in [0.25, 0.3) is 0 Å². The van der Waals surface area contributed by atoms with Crippen molar-refractivity contribution in [3.05, 3.63) is 65.7 Å². The molecule has 0 aliphatic heterocycles. The lowest BCUT2D eigenvalue weighted by atomic mass is 10.0. The summed E-state index contributed by atoms with van der Waals surface area (Å²) >= 11 is 0. The van der Waals surface area contributed by atoms with Crippen molar-refractivity contribution >= 4 is 27.8 Å². The van der Waals surface area contributed by atoms with E-state index >= 15 is 0 Å². The van der Waals surface area contributed by atoms with Crippen LogP contribution in [-0.4, -0.2) is 60.8 Å². The molecule has 0 aromatic heterocycles. The Morgan fingerprint density at radius 2 is 1.61 bits per heavy atom. The Bertz CT molecular complexity index is 1170. The van der Waals surface area contributed by atoms with Crippen LogP contribution in [0.15, 0.2) is 59.5 Å². The van der Waals surface area contributed by atoms with Crippen molar-refractivity contribution in [3.8, 4) is 0 Å². The van der Waals surface area contributed by atoms with Crippen molar-refractivity contribution in [2.45, 2.75) is 70.4 Å². The smallest absolute Gasteiger partial charge is 0.322 e. The summed E-state index contributed by atoms with van der Waals surface area (Å²) < 4.78 is 27.9. The number of unbranched alkanes of at least 4 members (excludes halogenated alkanes) is 1. The Kier molecular flexibility index (Phi) is 11.9. The Hall–Kier alpha value is -3.24. The Morgan fingerprint density at radius 3 is 2.16 bits per heavy atom. The molecule has 2 aromatic rings. The number of aliphatic carboxylic acids is 1. The number of carboxylic acid groups (broad SMARTS) is 1. The molecule has 10 heteroatoms. The number of sulfonamides is 1. The molecule has 0 heterocycles. The van der Waals surface area contributed by atoms with E-state index in [2.05, 4.69) is 10.6 Å². The van der Waals surface area contributed by atoms with Crippen molar-refractivity contribution in [2.24, 2.45) is 5.92 Å². The fraction of sp³-hybridized carbons (Fsp3) is 0.464. The van der Waals surface area contributed by atoms with Crippen molar-refractivity contribution < 1.29 is 27.9 Å². The minimum absolute atomic E-state index is 0.0599. The average molecular weight is 546 g/mol. The van der Waals surface area contributed by atoms with Gasteiger partial charge in [-0.25, -0.2) is 8.42 Å². The molecule has 0 fully saturated rings. The molecule has 2 unspecified atom stereocenters. The van der Waals surface area contributed by atoms with E-state index in [1.165, 1.54) is 19.1 Å². The van der Waals surface area contributed by atoms with Gasteiger partial charge in [0.1, 0.15) is 12.1 Å². The number of hydrogen-bond donors (Lipinski definition) is 3. The first-order chi connectivity index (χ1) is 17.9. The van der Waals surface area contributed by atoms with Crippen LogP contribution >= 0.6 is 0 Å². The molecule has 38 heavy (non-hydrogen) atoms. The van der Waals surface area contributed by atoms with Gasteiger partial charge in [-0.3, -0.25) is 14.4 Å². The highest BCUT2D eigenvalue weighted by molar-refractivity contribution is 7.89. The molecule has 2 aromatic carbocycles. The van der Waals surface area contributed by atoms with E-state index in [1.807, 2.05) is 51.1 Å². The van der Waals surface area contributed by atoms with E-state index in [-0.39, 0.29) is 42.1 Å². The molecular weight excluding hydrogens is 506 g/mol. The van der Waals surface area contributed by atoms with E-state index in [1.54, 1.807) is 12.1 Å². The highest BCUT2D eigenvalue weighted by Crippen LogP contribution is 2.23. The van der Waals surface area contributed by atoms with E-state index < -0.39 is 28.1 Å². The van der Waals surface area contributed by atoms with Gasteiger partial charge in [0, 0.05) is 26.4 Å². The molecule has 0 aliphatic carbocycles. The molecule has 0 radical (unpaired) electrons. The third kappa shape index (κ3) is 9.57. The van der Waals surface area contributed by atoms with Gasteiger partial charge in [0.15, 0.2) is 0 Å². The number of carbonyl (C=O) groups excluding carboxylic acids is 2. The predicted molar refractivity (Wildman–Crippen MR) is 146 cm³/mol. The van der Waals surface area contributed by atoms with Crippen LogP contribution in [-0.2, 0) is 30.8 Å². The molecular formula is C28H39N3O6S. The van der Waals surface area contributed by atoms with Crippen LogP contribution in [0.4, 0.5) is 0 Å². The molecule has 0 saturated heterocycles. The second-order valence-electron chi connectivity index (χ2n) is 9.87. The van der Waals surface area contributed by atoms with Crippen molar-refractivity contribution in [3.63, 3.8) is 0 Å². The number of benzene rings is 2. The van der Waals surface area contributed by atoms with Gasteiger partial charge in [0.05, 0.1) is 4.90 Å². The van der Waals surface area contributed by atoms with Gasteiger partial charge in [-0.2, -0.15) is 4.31 Å². The SMILES string of the molecule is CC(=O)NC(Cc1ccccc1)C(=O)NCCCCC(C(=O)O)N(CC(C)C)S(=O)(=O)c1ccc(C)cc1. The zero-order valence-electron chi connectivity index (χ0n) is 22.5. The maximum absolute atomic E-state index is 13.4. The fourth-order valence-electron chi connectivity index (χ4n) is 4.09. The van der Waals surface area contributed by atoms with Crippen LogP contribution in [0.5, 0.6) is 0 Å². The second kappa shape index (κ2) is 14.6. The number of rotatable bonds is 15. The zero-order valence-corrected chi connectivity index (χ0v) is 23.3. The van der Waals surface area contributed by atoms with Gasteiger partial charge in [0.25, 0.3) is 0 Å². The Morgan fingerprint density at radius 1 is 0.974 bits per heavy atom. The first kappa shape index (κ1) is 31.0. The summed E-state index contributed by atoms with van der Waals surface area (Å²) in [5.74, 6) is -1.93. The number of hydrogen-bond acceptors (Lipinski definition) is 5. The van der Waals surface area contributed by atoms with E-state index in [9.17, 15) is 27.9 Å². The fourth-order valence-corrected chi connectivity index (χ4v) is 5.87. The summed E-state index contributed by atoms with van der Waals surface area (Å²) in [5, 5.41) is 15.4. The number of carboxylic acids is 1. The lowest BCUT2D eigenvalue weighted by Gasteiger charge is -2.29.